The number of carbonyl (C=O) groups is 2. The zero-order chi connectivity index (χ0) is 16.3. The Balaban J connectivity index is 2.09. The van der Waals surface area contributed by atoms with E-state index in [1.54, 1.807) is 0 Å². The van der Waals surface area contributed by atoms with Gasteiger partial charge in [-0.15, -0.1) is 0 Å². The third-order valence-electron chi connectivity index (χ3n) is 3.53. The highest BCUT2D eigenvalue weighted by Crippen LogP contribution is 2.21. The van der Waals surface area contributed by atoms with E-state index in [0.717, 1.165) is 12.5 Å². The van der Waals surface area contributed by atoms with Gasteiger partial charge < -0.3 is 20.7 Å². The van der Waals surface area contributed by atoms with Gasteiger partial charge in [0.05, 0.1) is 11.7 Å². The molecule has 0 radical (unpaired) electrons. The van der Waals surface area contributed by atoms with Crippen molar-refractivity contribution in [2.45, 2.75) is 25.0 Å². The molecule has 2 amide bonds. The van der Waals surface area contributed by atoms with Crippen molar-refractivity contribution < 1.29 is 18.7 Å². The summed E-state index contributed by atoms with van der Waals surface area (Å²) in [5, 5.41) is 2.65. The third kappa shape index (κ3) is 3.61. The Kier molecular flexibility index (Phi) is 5.10. The second-order valence-corrected chi connectivity index (χ2v) is 5.44. The number of amides is 2. The van der Waals surface area contributed by atoms with E-state index in [1.807, 2.05) is 0 Å². The van der Waals surface area contributed by atoms with Gasteiger partial charge in [0, 0.05) is 26.3 Å². The fraction of sp³-hybridized carbons (Fsp3) is 0.467. The lowest BCUT2D eigenvalue weighted by Gasteiger charge is -2.15. The number of nitrogens with two attached hydrogens (primary N) is 1. The van der Waals surface area contributed by atoms with Gasteiger partial charge in [0.2, 0.25) is 0 Å². The highest BCUT2D eigenvalue weighted by atomic mass is 19.1. The quantitative estimate of drug-likeness (QED) is 0.868. The van der Waals surface area contributed by atoms with Gasteiger partial charge in [0.15, 0.2) is 0 Å². The monoisotopic (exact) mass is 309 g/mol. The molecular weight excluding hydrogens is 289 g/mol. The average Bonchev–Trinajstić information content (AvgIpc) is 2.97. The molecule has 0 bridgehead atoms. The highest BCUT2D eigenvalue weighted by Gasteiger charge is 2.30. The minimum atomic E-state index is -0.628. The molecule has 1 saturated heterocycles. The summed E-state index contributed by atoms with van der Waals surface area (Å²) in [4.78, 5) is 25.3. The van der Waals surface area contributed by atoms with Crippen LogP contribution in [0, 0.1) is 5.82 Å². The Morgan fingerprint density at radius 2 is 2.14 bits per heavy atom. The van der Waals surface area contributed by atoms with Crippen molar-refractivity contribution in [2.24, 2.45) is 5.73 Å². The summed E-state index contributed by atoms with van der Waals surface area (Å²) in [6.07, 6.45) is 0.669. The first-order chi connectivity index (χ1) is 10.4. The van der Waals surface area contributed by atoms with Crippen LogP contribution >= 0.6 is 0 Å². The normalized spacial score (nSPS) is 20.7. The van der Waals surface area contributed by atoms with Crippen molar-refractivity contribution in [1.82, 2.24) is 4.90 Å². The SMILES string of the molecule is CN(C)C(=O)c1cc(NC(=O)[C@@H]2CC[C@H](CN)O2)ccc1F. The Morgan fingerprint density at radius 3 is 2.73 bits per heavy atom. The Bertz CT molecular complexity index is 577. The van der Waals surface area contributed by atoms with Crippen LogP contribution in [0.3, 0.4) is 0 Å². The standard InChI is InChI=1S/C15H20FN3O3/c1-19(2)15(21)11-7-9(3-5-12(11)16)18-14(20)13-6-4-10(8-17)22-13/h3,5,7,10,13H,4,6,8,17H2,1-2H3,(H,18,20)/t10-,13+/m1/s1. The number of rotatable bonds is 4. The Morgan fingerprint density at radius 1 is 1.41 bits per heavy atom. The lowest BCUT2D eigenvalue weighted by molar-refractivity contribution is -0.126. The maximum atomic E-state index is 13.7. The van der Waals surface area contributed by atoms with Crippen molar-refractivity contribution in [1.29, 1.82) is 0 Å². The molecule has 1 aromatic carbocycles. The van der Waals surface area contributed by atoms with Gasteiger partial charge in [-0.1, -0.05) is 0 Å². The summed E-state index contributed by atoms with van der Waals surface area (Å²) in [6.45, 7) is 0.377. The summed E-state index contributed by atoms with van der Waals surface area (Å²) in [7, 11) is 3.07. The molecule has 1 aliphatic heterocycles. The Hall–Kier alpha value is -1.99. The van der Waals surface area contributed by atoms with E-state index in [-0.39, 0.29) is 17.6 Å². The second-order valence-electron chi connectivity index (χ2n) is 5.44. The van der Waals surface area contributed by atoms with Crippen molar-refractivity contribution in [3.05, 3.63) is 29.6 Å². The summed E-state index contributed by atoms with van der Waals surface area (Å²) in [5.41, 5.74) is 5.78. The second kappa shape index (κ2) is 6.85. The molecular formula is C15H20FN3O3. The molecule has 1 aromatic rings. The number of halogens is 1. The molecule has 6 nitrogen and oxygen atoms in total. The van der Waals surface area contributed by atoms with Crippen LogP contribution in [-0.4, -0.2) is 49.6 Å². The van der Waals surface area contributed by atoms with E-state index < -0.39 is 17.8 Å². The van der Waals surface area contributed by atoms with Crippen LogP contribution in [0.5, 0.6) is 0 Å². The molecule has 0 aliphatic carbocycles. The molecule has 0 unspecified atom stereocenters. The van der Waals surface area contributed by atoms with Gasteiger partial charge in [-0.2, -0.15) is 0 Å². The smallest absolute Gasteiger partial charge is 0.256 e. The molecule has 2 rings (SSSR count). The molecule has 0 spiro atoms. The van der Waals surface area contributed by atoms with Crippen LogP contribution in [-0.2, 0) is 9.53 Å². The van der Waals surface area contributed by atoms with Crippen LogP contribution in [0.1, 0.15) is 23.2 Å². The first-order valence-electron chi connectivity index (χ1n) is 7.10. The molecule has 1 aliphatic rings. The van der Waals surface area contributed by atoms with Crippen LogP contribution in [0.4, 0.5) is 10.1 Å². The molecule has 22 heavy (non-hydrogen) atoms. The van der Waals surface area contributed by atoms with Crippen LogP contribution < -0.4 is 11.1 Å². The van der Waals surface area contributed by atoms with Crippen LogP contribution in [0.2, 0.25) is 0 Å². The minimum absolute atomic E-state index is 0.0880. The molecule has 120 valence electrons. The summed E-state index contributed by atoms with van der Waals surface area (Å²) in [5.74, 6) is -1.41. The molecule has 0 aromatic heterocycles. The predicted molar refractivity (Wildman–Crippen MR) is 80.0 cm³/mol. The van der Waals surface area contributed by atoms with Crippen molar-refractivity contribution in [3.63, 3.8) is 0 Å². The number of hydrogen-bond donors (Lipinski definition) is 2. The molecule has 2 atom stereocenters. The third-order valence-corrected chi connectivity index (χ3v) is 3.53. The first kappa shape index (κ1) is 16.4. The van der Waals surface area contributed by atoms with E-state index in [1.165, 1.54) is 31.1 Å². The number of anilines is 1. The van der Waals surface area contributed by atoms with E-state index in [0.29, 0.717) is 18.7 Å². The van der Waals surface area contributed by atoms with E-state index in [2.05, 4.69) is 5.32 Å². The zero-order valence-corrected chi connectivity index (χ0v) is 12.6. The lowest BCUT2D eigenvalue weighted by atomic mass is 10.1. The van der Waals surface area contributed by atoms with Crippen molar-refractivity contribution >= 4 is 17.5 Å². The maximum Gasteiger partial charge on any atom is 0.256 e. The van der Waals surface area contributed by atoms with Crippen molar-refractivity contribution in [3.8, 4) is 0 Å². The van der Waals surface area contributed by atoms with Gasteiger partial charge in [0.25, 0.3) is 11.8 Å². The van der Waals surface area contributed by atoms with Gasteiger partial charge in [-0.05, 0) is 31.0 Å². The highest BCUT2D eigenvalue weighted by molar-refractivity contribution is 5.98. The molecule has 1 fully saturated rings. The largest absolute Gasteiger partial charge is 0.364 e. The summed E-state index contributed by atoms with van der Waals surface area (Å²) < 4.78 is 19.2. The van der Waals surface area contributed by atoms with Crippen LogP contribution in [0.25, 0.3) is 0 Å². The number of hydrogen-bond acceptors (Lipinski definition) is 4. The lowest BCUT2D eigenvalue weighted by Crippen LogP contribution is -2.30. The van der Waals surface area contributed by atoms with E-state index in [4.69, 9.17) is 10.5 Å². The van der Waals surface area contributed by atoms with Gasteiger partial charge >= 0.3 is 0 Å². The Labute approximate surface area is 128 Å². The predicted octanol–water partition coefficient (Wildman–Crippen LogP) is 0.972. The average molecular weight is 309 g/mol. The zero-order valence-electron chi connectivity index (χ0n) is 12.6. The molecule has 3 N–H and O–H groups in total. The molecule has 7 heteroatoms. The topological polar surface area (TPSA) is 84.7 Å². The van der Waals surface area contributed by atoms with E-state index >= 15 is 0 Å². The number of carbonyl (C=O) groups excluding carboxylic acids is 2. The van der Waals surface area contributed by atoms with Crippen molar-refractivity contribution in [2.75, 3.05) is 26.0 Å². The van der Waals surface area contributed by atoms with Gasteiger partial charge in [0.1, 0.15) is 11.9 Å². The maximum absolute atomic E-state index is 13.7. The fourth-order valence-electron chi connectivity index (χ4n) is 2.30. The molecule has 1 heterocycles. The van der Waals surface area contributed by atoms with E-state index in [9.17, 15) is 14.0 Å². The number of ether oxygens (including phenoxy) is 1. The number of nitrogens with zero attached hydrogens (tertiary/aromatic N) is 1. The summed E-state index contributed by atoms with van der Waals surface area (Å²) >= 11 is 0. The fourth-order valence-corrected chi connectivity index (χ4v) is 2.30. The minimum Gasteiger partial charge on any atom is -0.364 e. The number of benzene rings is 1. The first-order valence-corrected chi connectivity index (χ1v) is 7.10. The molecule has 0 saturated carbocycles. The van der Waals surface area contributed by atoms with Gasteiger partial charge in [-0.3, -0.25) is 9.59 Å². The van der Waals surface area contributed by atoms with Gasteiger partial charge in [-0.25, -0.2) is 4.39 Å². The number of nitrogens with one attached hydrogen (secondary N) is 1. The van der Waals surface area contributed by atoms with Crippen LogP contribution in [0.15, 0.2) is 18.2 Å². The summed E-state index contributed by atoms with van der Waals surface area (Å²) in [6, 6.07) is 3.89.